The van der Waals surface area contributed by atoms with Crippen LogP contribution in [0.2, 0.25) is 0 Å². The Morgan fingerprint density at radius 3 is 2.72 bits per heavy atom. The summed E-state index contributed by atoms with van der Waals surface area (Å²) in [6.07, 6.45) is 0. The van der Waals surface area contributed by atoms with Crippen LogP contribution in [0.3, 0.4) is 0 Å². The Bertz CT molecular complexity index is 421. The van der Waals surface area contributed by atoms with Crippen LogP contribution < -0.4 is 16.0 Å². The number of nitrogens with two attached hydrogens (primary N) is 1. The van der Waals surface area contributed by atoms with Crippen molar-refractivity contribution in [3.05, 3.63) is 22.7 Å². The van der Waals surface area contributed by atoms with Crippen molar-refractivity contribution in [2.45, 2.75) is 13.8 Å². The lowest BCUT2D eigenvalue weighted by Gasteiger charge is -2.20. The minimum atomic E-state index is 0.0231. The second-order valence-electron chi connectivity index (χ2n) is 4.76. The van der Waals surface area contributed by atoms with Crippen molar-refractivity contribution in [1.82, 2.24) is 5.32 Å². The highest BCUT2D eigenvalue weighted by Crippen LogP contribution is 2.27. The summed E-state index contributed by atoms with van der Waals surface area (Å²) in [5, 5.41) is 2.89. The average Bonchev–Trinajstić information content (AvgIpc) is 2.26. The predicted molar refractivity (Wildman–Crippen MR) is 79.7 cm³/mol. The maximum atomic E-state index is 11.7. The Morgan fingerprint density at radius 1 is 1.50 bits per heavy atom. The summed E-state index contributed by atoms with van der Waals surface area (Å²) in [4.78, 5) is 13.6. The minimum Gasteiger partial charge on any atom is -0.399 e. The van der Waals surface area contributed by atoms with E-state index in [1.807, 2.05) is 30.1 Å². The van der Waals surface area contributed by atoms with Crippen molar-refractivity contribution < 1.29 is 4.79 Å². The average molecular weight is 314 g/mol. The van der Waals surface area contributed by atoms with Gasteiger partial charge in [0, 0.05) is 23.8 Å². The van der Waals surface area contributed by atoms with Crippen LogP contribution in [0.5, 0.6) is 0 Å². The highest BCUT2D eigenvalue weighted by atomic mass is 79.9. The number of anilines is 2. The molecule has 0 atom stereocenters. The third kappa shape index (κ3) is 4.56. The summed E-state index contributed by atoms with van der Waals surface area (Å²) in [6, 6.07) is 5.55. The van der Waals surface area contributed by atoms with Gasteiger partial charge < -0.3 is 16.0 Å². The fourth-order valence-electron chi connectivity index (χ4n) is 1.51. The van der Waals surface area contributed by atoms with E-state index in [2.05, 4.69) is 35.1 Å². The molecular weight excluding hydrogens is 294 g/mol. The summed E-state index contributed by atoms with van der Waals surface area (Å²) < 4.78 is 0.890. The Balaban J connectivity index is 2.59. The monoisotopic (exact) mass is 313 g/mol. The zero-order valence-electron chi connectivity index (χ0n) is 11.0. The van der Waals surface area contributed by atoms with Crippen LogP contribution in [0.1, 0.15) is 13.8 Å². The van der Waals surface area contributed by atoms with E-state index >= 15 is 0 Å². The van der Waals surface area contributed by atoms with Crippen molar-refractivity contribution in [2.75, 3.05) is 30.8 Å². The fraction of sp³-hybridized carbons (Fsp3) is 0.462. The summed E-state index contributed by atoms with van der Waals surface area (Å²) >= 11 is 3.45. The van der Waals surface area contributed by atoms with E-state index < -0.39 is 0 Å². The molecule has 1 rings (SSSR count). The van der Waals surface area contributed by atoms with Gasteiger partial charge in [-0.25, -0.2) is 0 Å². The number of nitrogens with one attached hydrogen (secondary N) is 1. The number of nitrogens with zero attached hydrogens (tertiary/aromatic N) is 1. The molecule has 0 aliphatic carbocycles. The topological polar surface area (TPSA) is 58.4 Å². The van der Waals surface area contributed by atoms with Crippen LogP contribution in [-0.2, 0) is 4.79 Å². The van der Waals surface area contributed by atoms with Crippen LogP contribution in [0.25, 0.3) is 0 Å². The van der Waals surface area contributed by atoms with Gasteiger partial charge in [-0.3, -0.25) is 4.79 Å². The van der Waals surface area contributed by atoms with E-state index in [9.17, 15) is 4.79 Å². The quantitative estimate of drug-likeness (QED) is 0.820. The first-order valence-corrected chi connectivity index (χ1v) is 6.72. The number of benzene rings is 1. The molecule has 0 aliphatic rings. The normalized spacial score (nSPS) is 10.5. The lowest BCUT2D eigenvalue weighted by atomic mass is 10.2. The molecule has 100 valence electrons. The SMILES string of the molecule is CC(C)CNC(=O)CN(C)c1ccc(N)cc1Br. The van der Waals surface area contributed by atoms with Gasteiger partial charge in [-0.15, -0.1) is 0 Å². The molecule has 0 fully saturated rings. The van der Waals surface area contributed by atoms with Gasteiger partial charge in [-0.1, -0.05) is 13.8 Å². The van der Waals surface area contributed by atoms with Crippen molar-refractivity contribution in [2.24, 2.45) is 5.92 Å². The zero-order chi connectivity index (χ0) is 13.7. The highest BCUT2D eigenvalue weighted by Gasteiger charge is 2.10. The molecule has 1 aromatic rings. The lowest BCUT2D eigenvalue weighted by Crippen LogP contribution is -2.36. The first kappa shape index (κ1) is 14.8. The molecule has 0 aromatic heterocycles. The van der Waals surface area contributed by atoms with Crippen LogP contribution in [0.15, 0.2) is 22.7 Å². The first-order valence-electron chi connectivity index (χ1n) is 5.93. The Labute approximate surface area is 117 Å². The molecule has 3 N–H and O–H groups in total. The van der Waals surface area contributed by atoms with E-state index in [1.165, 1.54) is 0 Å². The van der Waals surface area contributed by atoms with Gasteiger partial charge >= 0.3 is 0 Å². The molecule has 0 bridgehead atoms. The summed E-state index contributed by atoms with van der Waals surface area (Å²) in [5.74, 6) is 0.484. The van der Waals surface area contributed by atoms with Gasteiger partial charge in [0.15, 0.2) is 0 Å². The van der Waals surface area contributed by atoms with Gasteiger partial charge in [0.25, 0.3) is 0 Å². The minimum absolute atomic E-state index is 0.0231. The number of halogens is 1. The molecule has 0 radical (unpaired) electrons. The molecule has 0 spiro atoms. The van der Waals surface area contributed by atoms with Gasteiger partial charge in [0.2, 0.25) is 5.91 Å². The van der Waals surface area contributed by atoms with Gasteiger partial charge in [-0.05, 0) is 40.0 Å². The first-order chi connectivity index (χ1) is 8.40. The Hall–Kier alpha value is -1.23. The molecule has 1 amide bonds. The highest BCUT2D eigenvalue weighted by molar-refractivity contribution is 9.10. The standard InChI is InChI=1S/C13H20BrN3O/c1-9(2)7-16-13(18)8-17(3)12-5-4-10(15)6-11(12)14/h4-6,9H,7-8,15H2,1-3H3,(H,16,18). The number of amides is 1. The zero-order valence-corrected chi connectivity index (χ0v) is 12.6. The summed E-state index contributed by atoms with van der Waals surface area (Å²) in [5.41, 5.74) is 7.33. The molecular formula is C13H20BrN3O. The Kier molecular flexibility index (Phi) is 5.47. The van der Waals surface area contributed by atoms with E-state index in [1.54, 1.807) is 0 Å². The van der Waals surface area contributed by atoms with E-state index in [0.717, 1.165) is 10.2 Å². The number of hydrogen-bond donors (Lipinski definition) is 2. The van der Waals surface area contributed by atoms with Crippen molar-refractivity contribution in [1.29, 1.82) is 0 Å². The smallest absolute Gasteiger partial charge is 0.239 e. The maximum absolute atomic E-state index is 11.7. The summed E-state index contributed by atoms with van der Waals surface area (Å²) in [6.45, 7) is 5.17. The fourth-order valence-corrected chi connectivity index (χ4v) is 2.21. The molecule has 0 unspecified atom stereocenters. The second kappa shape index (κ2) is 6.64. The molecule has 0 saturated heterocycles. The second-order valence-corrected chi connectivity index (χ2v) is 5.62. The van der Waals surface area contributed by atoms with Crippen molar-refractivity contribution >= 4 is 33.2 Å². The molecule has 5 heteroatoms. The molecule has 0 saturated carbocycles. The van der Waals surface area contributed by atoms with Crippen LogP contribution in [-0.4, -0.2) is 26.0 Å². The van der Waals surface area contributed by atoms with Crippen LogP contribution in [0.4, 0.5) is 11.4 Å². The molecule has 4 nitrogen and oxygen atoms in total. The number of nitrogen functional groups attached to an aromatic ring is 1. The molecule has 0 heterocycles. The van der Waals surface area contributed by atoms with Crippen molar-refractivity contribution in [3.63, 3.8) is 0 Å². The van der Waals surface area contributed by atoms with Crippen molar-refractivity contribution in [3.8, 4) is 0 Å². The Morgan fingerprint density at radius 2 is 2.17 bits per heavy atom. The molecule has 18 heavy (non-hydrogen) atoms. The largest absolute Gasteiger partial charge is 0.399 e. The number of carbonyl (C=O) groups excluding carboxylic acids is 1. The van der Waals surface area contributed by atoms with Crippen LogP contribution >= 0.6 is 15.9 Å². The third-order valence-corrected chi connectivity index (χ3v) is 3.11. The van der Waals surface area contributed by atoms with Gasteiger partial charge in [0.05, 0.1) is 12.2 Å². The number of rotatable bonds is 5. The van der Waals surface area contributed by atoms with E-state index in [-0.39, 0.29) is 5.91 Å². The maximum Gasteiger partial charge on any atom is 0.239 e. The van der Waals surface area contributed by atoms with Gasteiger partial charge in [0.1, 0.15) is 0 Å². The number of hydrogen-bond acceptors (Lipinski definition) is 3. The number of likely N-dealkylation sites (N-methyl/N-ethyl adjacent to an activating group) is 1. The number of carbonyl (C=O) groups is 1. The third-order valence-electron chi connectivity index (χ3n) is 2.47. The van der Waals surface area contributed by atoms with Gasteiger partial charge in [-0.2, -0.15) is 0 Å². The molecule has 0 aliphatic heterocycles. The predicted octanol–water partition coefficient (Wildman–Crippen LogP) is 2.24. The molecule has 1 aromatic carbocycles. The van der Waals surface area contributed by atoms with E-state index in [0.29, 0.717) is 24.7 Å². The van der Waals surface area contributed by atoms with Crippen LogP contribution in [0, 0.1) is 5.92 Å². The lowest BCUT2D eigenvalue weighted by molar-refractivity contribution is -0.119. The van der Waals surface area contributed by atoms with E-state index in [4.69, 9.17) is 5.73 Å². The summed E-state index contributed by atoms with van der Waals surface area (Å²) in [7, 11) is 1.88.